The van der Waals surface area contributed by atoms with Crippen molar-refractivity contribution in [2.45, 2.75) is 19.3 Å². The van der Waals surface area contributed by atoms with Gasteiger partial charge in [0.05, 0.1) is 6.61 Å². The summed E-state index contributed by atoms with van der Waals surface area (Å²) in [6.07, 6.45) is 2.17. The molecule has 1 amide bonds. The van der Waals surface area contributed by atoms with Crippen LogP contribution in [-0.2, 0) is 11.3 Å². The van der Waals surface area contributed by atoms with Crippen molar-refractivity contribution in [2.75, 3.05) is 6.61 Å². The van der Waals surface area contributed by atoms with Gasteiger partial charge < -0.3 is 0 Å². The summed E-state index contributed by atoms with van der Waals surface area (Å²) in [5, 5.41) is 0.437. The van der Waals surface area contributed by atoms with E-state index in [1.54, 1.807) is 12.1 Å². The highest BCUT2D eigenvalue weighted by molar-refractivity contribution is 14.1. The lowest BCUT2D eigenvalue weighted by Crippen LogP contribution is -2.26. The molecule has 2 aromatic rings. The molecule has 0 spiro atoms. The molecule has 0 aromatic heterocycles. The number of amides is 1. The second-order valence-electron chi connectivity index (χ2n) is 5.99. The molecule has 0 unspecified atom stereocenters. The van der Waals surface area contributed by atoms with Crippen molar-refractivity contribution in [3.63, 3.8) is 0 Å². The van der Waals surface area contributed by atoms with E-state index in [4.69, 9.17) is 16.4 Å². The van der Waals surface area contributed by atoms with E-state index in [0.29, 0.717) is 23.1 Å². The standard InChI is InChI=1S/C18H15ClF2INO2/c19-15-8-12(22)4-3-11(15)7-14-13(5-6-16(20)17(14)21)18(24)23-25-9-10-1-2-10/h3-6,8,10H,1-2,7,9H2,(H,23,24). The fourth-order valence-corrected chi connectivity index (χ4v) is 3.32. The Balaban J connectivity index is 1.85. The van der Waals surface area contributed by atoms with Gasteiger partial charge in [0.2, 0.25) is 0 Å². The van der Waals surface area contributed by atoms with E-state index in [2.05, 4.69) is 28.1 Å². The van der Waals surface area contributed by atoms with Gasteiger partial charge in [0.15, 0.2) is 11.6 Å². The summed E-state index contributed by atoms with van der Waals surface area (Å²) in [7, 11) is 0. The van der Waals surface area contributed by atoms with Crippen molar-refractivity contribution in [2.24, 2.45) is 5.92 Å². The molecule has 1 aliphatic carbocycles. The van der Waals surface area contributed by atoms with Gasteiger partial charge in [0.25, 0.3) is 5.91 Å². The number of hydroxylamine groups is 1. The normalized spacial score (nSPS) is 13.8. The molecule has 1 aliphatic rings. The van der Waals surface area contributed by atoms with E-state index in [1.807, 2.05) is 6.07 Å². The smallest absolute Gasteiger partial charge is 0.273 e. The van der Waals surface area contributed by atoms with Gasteiger partial charge in [0, 0.05) is 26.1 Å². The summed E-state index contributed by atoms with van der Waals surface area (Å²) < 4.78 is 29.0. The molecule has 0 heterocycles. The molecule has 2 aromatic carbocycles. The molecular weight excluding hydrogens is 463 g/mol. The van der Waals surface area contributed by atoms with Crippen molar-refractivity contribution in [3.05, 3.63) is 67.2 Å². The highest BCUT2D eigenvalue weighted by Crippen LogP contribution is 2.29. The van der Waals surface area contributed by atoms with Crippen molar-refractivity contribution in [1.29, 1.82) is 0 Å². The summed E-state index contributed by atoms with van der Waals surface area (Å²) in [6, 6.07) is 7.47. The molecule has 3 rings (SSSR count). The zero-order valence-corrected chi connectivity index (χ0v) is 16.0. The lowest BCUT2D eigenvalue weighted by molar-refractivity contribution is 0.0269. The lowest BCUT2D eigenvalue weighted by Gasteiger charge is -2.13. The zero-order valence-electron chi connectivity index (χ0n) is 13.1. The van der Waals surface area contributed by atoms with E-state index >= 15 is 0 Å². The molecule has 0 atom stereocenters. The van der Waals surface area contributed by atoms with Crippen LogP contribution < -0.4 is 5.48 Å². The molecule has 1 fully saturated rings. The first-order valence-electron chi connectivity index (χ1n) is 7.78. The zero-order chi connectivity index (χ0) is 18.0. The minimum atomic E-state index is -1.05. The number of benzene rings is 2. The molecule has 132 valence electrons. The summed E-state index contributed by atoms with van der Waals surface area (Å²) in [5.74, 6) is -2.19. The van der Waals surface area contributed by atoms with Gasteiger partial charge in [-0.15, -0.1) is 0 Å². The highest BCUT2D eigenvalue weighted by atomic mass is 127. The van der Waals surface area contributed by atoms with Crippen LogP contribution >= 0.6 is 34.2 Å². The molecule has 25 heavy (non-hydrogen) atoms. The summed E-state index contributed by atoms with van der Waals surface area (Å²) >= 11 is 8.29. The molecule has 3 nitrogen and oxygen atoms in total. The fourth-order valence-electron chi connectivity index (χ4n) is 2.40. The Hall–Kier alpha value is -1.25. The van der Waals surface area contributed by atoms with Gasteiger partial charge in [-0.25, -0.2) is 14.3 Å². The second-order valence-corrected chi connectivity index (χ2v) is 7.64. The average Bonchev–Trinajstić information content (AvgIpc) is 3.38. The van der Waals surface area contributed by atoms with Crippen LogP contribution in [0.25, 0.3) is 0 Å². The number of carbonyl (C=O) groups excluding carboxylic acids is 1. The molecule has 0 bridgehead atoms. The van der Waals surface area contributed by atoms with Gasteiger partial charge in [-0.2, -0.15) is 0 Å². The van der Waals surface area contributed by atoms with E-state index in [1.165, 1.54) is 6.07 Å². The van der Waals surface area contributed by atoms with Crippen molar-refractivity contribution < 1.29 is 18.4 Å². The monoisotopic (exact) mass is 477 g/mol. The summed E-state index contributed by atoms with van der Waals surface area (Å²) in [6.45, 7) is 0.424. The van der Waals surface area contributed by atoms with Crippen LogP contribution in [0.2, 0.25) is 5.02 Å². The van der Waals surface area contributed by atoms with E-state index in [-0.39, 0.29) is 17.5 Å². The Bertz CT molecular complexity index is 812. The first kappa shape index (κ1) is 18.5. The minimum Gasteiger partial charge on any atom is -0.273 e. The number of hydrogen-bond donors (Lipinski definition) is 1. The van der Waals surface area contributed by atoms with Crippen LogP contribution in [0.1, 0.15) is 34.3 Å². The lowest BCUT2D eigenvalue weighted by atomic mass is 9.98. The van der Waals surface area contributed by atoms with E-state index in [9.17, 15) is 13.6 Å². The predicted molar refractivity (Wildman–Crippen MR) is 99.5 cm³/mol. The number of hydrogen-bond acceptors (Lipinski definition) is 2. The highest BCUT2D eigenvalue weighted by Gasteiger charge is 2.23. The van der Waals surface area contributed by atoms with Crippen LogP contribution in [0, 0.1) is 21.1 Å². The molecule has 0 radical (unpaired) electrons. The van der Waals surface area contributed by atoms with Crippen LogP contribution in [0.4, 0.5) is 8.78 Å². The van der Waals surface area contributed by atoms with Gasteiger partial charge in [-0.3, -0.25) is 9.63 Å². The SMILES string of the molecule is O=C(NOCC1CC1)c1ccc(F)c(F)c1Cc1ccc(I)cc1Cl. The van der Waals surface area contributed by atoms with Crippen LogP contribution in [0.5, 0.6) is 0 Å². The van der Waals surface area contributed by atoms with Crippen LogP contribution in [-0.4, -0.2) is 12.5 Å². The maximum atomic E-state index is 14.3. The maximum absolute atomic E-state index is 14.3. The number of carbonyl (C=O) groups is 1. The van der Waals surface area contributed by atoms with Crippen LogP contribution in [0.3, 0.4) is 0 Å². The van der Waals surface area contributed by atoms with Crippen LogP contribution in [0.15, 0.2) is 30.3 Å². The maximum Gasteiger partial charge on any atom is 0.275 e. The van der Waals surface area contributed by atoms with E-state index < -0.39 is 17.5 Å². The Kier molecular flexibility index (Phi) is 5.91. The van der Waals surface area contributed by atoms with Gasteiger partial charge in [-0.05, 0) is 71.2 Å². The molecule has 0 saturated heterocycles. The largest absolute Gasteiger partial charge is 0.275 e. The molecular formula is C18H15ClF2INO2. The summed E-state index contributed by atoms with van der Waals surface area (Å²) in [4.78, 5) is 17.4. The third kappa shape index (κ3) is 4.68. The molecule has 0 aliphatic heterocycles. The fraction of sp³-hybridized carbons (Fsp3) is 0.278. The van der Waals surface area contributed by atoms with Crippen molar-refractivity contribution >= 4 is 40.1 Å². The van der Waals surface area contributed by atoms with Gasteiger partial charge in [-0.1, -0.05) is 17.7 Å². The topological polar surface area (TPSA) is 38.3 Å². The Labute approximate surface area is 162 Å². The van der Waals surface area contributed by atoms with Crippen molar-refractivity contribution in [3.8, 4) is 0 Å². The Morgan fingerprint density at radius 3 is 2.72 bits per heavy atom. The van der Waals surface area contributed by atoms with Gasteiger partial charge in [0.1, 0.15) is 0 Å². The Morgan fingerprint density at radius 1 is 1.28 bits per heavy atom. The number of rotatable bonds is 6. The predicted octanol–water partition coefficient (Wildman–Crippen LogP) is 4.89. The quantitative estimate of drug-likeness (QED) is 0.475. The first-order valence-corrected chi connectivity index (χ1v) is 9.24. The average molecular weight is 478 g/mol. The van der Waals surface area contributed by atoms with Gasteiger partial charge >= 0.3 is 0 Å². The van der Waals surface area contributed by atoms with Crippen molar-refractivity contribution in [1.82, 2.24) is 5.48 Å². The molecule has 1 saturated carbocycles. The Morgan fingerprint density at radius 2 is 2.04 bits per heavy atom. The van der Waals surface area contributed by atoms with E-state index in [0.717, 1.165) is 22.5 Å². The summed E-state index contributed by atoms with van der Waals surface area (Å²) in [5.41, 5.74) is 2.90. The first-order chi connectivity index (χ1) is 12.0. The third-order valence-corrected chi connectivity index (χ3v) is 5.03. The second kappa shape index (κ2) is 7.97. The molecule has 7 heteroatoms. The number of nitrogens with one attached hydrogen (secondary N) is 1. The molecule has 1 N–H and O–H groups in total. The number of halogens is 4. The third-order valence-electron chi connectivity index (χ3n) is 4.00. The minimum absolute atomic E-state index is 0.00469.